The molecule has 0 radical (unpaired) electrons. The van der Waals surface area contributed by atoms with Crippen molar-refractivity contribution in [1.29, 1.82) is 0 Å². The molecule has 144 valence electrons. The lowest BCUT2D eigenvalue weighted by atomic mass is 10.0. The van der Waals surface area contributed by atoms with Crippen molar-refractivity contribution < 1.29 is 9.90 Å². The van der Waals surface area contributed by atoms with Gasteiger partial charge in [-0.15, -0.1) is 5.10 Å². The first-order chi connectivity index (χ1) is 13.7. The third-order valence-electron chi connectivity index (χ3n) is 5.37. The quantitative estimate of drug-likeness (QED) is 0.597. The van der Waals surface area contributed by atoms with Gasteiger partial charge in [-0.05, 0) is 41.7 Å². The number of nitrogens with one attached hydrogen (secondary N) is 1. The molecule has 0 saturated heterocycles. The van der Waals surface area contributed by atoms with Crippen molar-refractivity contribution in [3.05, 3.63) is 64.8 Å². The van der Waals surface area contributed by atoms with Crippen LogP contribution in [0.1, 0.15) is 53.2 Å². The van der Waals surface area contributed by atoms with Gasteiger partial charge < -0.3 is 10.0 Å². The average Bonchev–Trinajstić information content (AvgIpc) is 3.37. The van der Waals surface area contributed by atoms with Crippen LogP contribution in [0.4, 0.5) is 5.69 Å². The molecule has 2 heterocycles. The number of para-hydroxylation sites is 1. The zero-order valence-electron chi connectivity index (χ0n) is 16.0. The Balaban J connectivity index is 1.66. The fourth-order valence-corrected chi connectivity index (χ4v) is 3.96. The maximum atomic E-state index is 11.9. The van der Waals surface area contributed by atoms with Crippen molar-refractivity contribution in [2.24, 2.45) is 0 Å². The summed E-state index contributed by atoms with van der Waals surface area (Å²) >= 11 is 0. The lowest BCUT2D eigenvalue weighted by Crippen LogP contribution is -2.20. The van der Waals surface area contributed by atoms with E-state index in [0.717, 1.165) is 54.7 Å². The van der Waals surface area contributed by atoms with Gasteiger partial charge in [0.25, 0.3) is 0 Å². The molecule has 0 atom stereocenters. The summed E-state index contributed by atoms with van der Waals surface area (Å²) in [4.78, 5) is 14.1. The molecule has 0 amide bonds. The highest BCUT2D eigenvalue weighted by Crippen LogP contribution is 2.35. The molecule has 0 saturated carbocycles. The molecule has 6 heteroatoms. The number of aromatic nitrogens is 3. The maximum Gasteiger partial charge on any atom is 0.337 e. The summed E-state index contributed by atoms with van der Waals surface area (Å²) in [6.45, 7) is 3.61. The lowest BCUT2D eigenvalue weighted by molar-refractivity contribution is 0.0697. The molecule has 4 rings (SSSR count). The fraction of sp³-hybridized carbons (Fsp3) is 0.318. The number of aromatic carboxylic acids is 1. The van der Waals surface area contributed by atoms with Gasteiger partial charge in [-0.1, -0.05) is 49.2 Å². The Kier molecular flexibility index (Phi) is 5.10. The standard InChI is InChI=1S/C22H24N4O2/c1-2-3-4-6-15-7-5-8-19(22(27)28)21(15)26-13-17-10-9-16(11-18(17)14-26)20-12-23-25-24-20/h5,7-12H,2-4,6,13-14H2,1H3,(H,27,28)(H,23,24,25). The second-order valence-corrected chi connectivity index (χ2v) is 7.29. The van der Waals surface area contributed by atoms with Gasteiger partial charge in [0.15, 0.2) is 0 Å². The average molecular weight is 376 g/mol. The first-order valence-corrected chi connectivity index (χ1v) is 9.75. The van der Waals surface area contributed by atoms with Gasteiger partial charge in [-0.25, -0.2) is 4.79 Å². The van der Waals surface area contributed by atoms with Crippen LogP contribution in [0.2, 0.25) is 0 Å². The number of benzene rings is 2. The summed E-state index contributed by atoms with van der Waals surface area (Å²) in [5.41, 5.74) is 6.75. The number of fused-ring (bicyclic) bond motifs is 1. The molecule has 1 aromatic heterocycles. The fourth-order valence-electron chi connectivity index (χ4n) is 3.96. The SMILES string of the molecule is CCCCCc1cccc(C(=O)O)c1N1Cc2ccc(-c3cnn[nH]3)cc2C1. The number of hydrogen-bond acceptors (Lipinski definition) is 4. The van der Waals surface area contributed by atoms with Gasteiger partial charge in [0.1, 0.15) is 0 Å². The monoisotopic (exact) mass is 376 g/mol. The second kappa shape index (κ2) is 7.84. The highest BCUT2D eigenvalue weighted by atomic mass is 16.4. The number of aromatic amines is 1. The molecule has 0 aliphatic carbocycles. The molecule has 28 heavy (non-hydrogen) atoms. The van der Waals surface area contributed by atoms with Crippen LogP contribution in [0.5, 0.6) is 0 Å². The predicted octanol–water partition coefficient (Wildman–Crippen LogP) is 4.42. The van der Waals surface area contributed by atoms with E-state index in [4.69, 9.17) is 0 Å². The smallest absolute Gasteiger partial charge is 0.337 e. The topological polar surface area (TPSA) is 82.1 Å². The van der Waals surface area contributed by atoms with Crippen molar-refractivity contribution in [3.63, 3.8) is 0 Å². The van der Waals surface area contributed by atoms with Crippen LogP contribution < -0.4 is 4.90 Å². The van der Waals surface area contributed by atoms with Crippen molar-refractivity contribution >= 4 is 11.7 Å². The Morgan fingerprint density at radius 2 is 2.04 bits per heavy atom. The normalized spacial score (nSPS) is 13.0. The molecular formula is C22H24N4O2. The molecule has 3 aromatic rings. The molecule has 1 aliphatic rings. The third kappa shape index (κ3) is 3.50. The summed E-state index contributed by atoms with van der Waals surface area (Å²) in [6.07, 6.45) is 5.99. The van der Waals surface area contributed by atoms with Crippen LogP contribution in [0.15, 0.2) is 42.6 Å². The van der Waals surface area contributed by atoms with E-state index in [1.54, 1.807) is 12.3 Å². The summed E-state index contributed by atoms with van der Waals surface area (Å²) in [5, 5.41) is 20.3. The van der Waals surface area contributed by atoms with Crippen LogP contribution in [-0.4, -0.2) is 26.5 Å². The van der Waals surface area contributed by atoms with E-state index in [9.17, 15) is 9.90 Å². The van der Waals surface area contributed by atoms with Crippen molar-refractivity contribution in [1.82, 2.24) is 15.4 Å². The van der Waals surface area contributed by atoms with Gasteiger partial charge in [-0.3, -0.25) is 5.10 Å². The molecule has 0 unspecified atom stereocenters. The third-order valence-corrected chi connectivity index (χ3v) is 5.37. The Bertz CT molecular complexity index is 982. The molecule has 6 nitrogen and oxygen atoms in total. The lowest BCUT2D eigenvalue weighted by Gasteiger charge is -2.24. The van der Waals surface area contributed by atoms with E-state index < -0.39 is 5.97 Å². The van der Waals surface area contributed by atoms with Gasteiger partial charge >= 0.3 is 5.97 Å². The Hall–Kier alpha value is -3.15. The highest BCUT2D eigenvalue weighted by Gasteiger charge is 2.26. The number of rotatable bonds is 7. The maximum absolute atomic E-state index is 11.9. The summed E-state index contributed by atoms with van der Waals surface area (Å²) in [5.74, 6) is -0.868. The van der Waals surface area contributed by atoms with E-state index >= 15 is 0 Å². The summed E-state index contributed by atoms with van der Waals surface area (Å²) in [6, 6.07) is 12.0. The van der Waals surface area contributed by atoms with E-state index in [1.807, 2.05) is 6.07 Å². The van der Waals surface area contributed by atoms with Gasteiger partial charge in [0.05, 0.1) is 23.1 Å². The minimum absolute atomic E-state index is 0.389. The van der Waals surface area contributed by atoms with E-state index in [-0.39, 0.29) is 0 Å². The van der Waals surface area contributed by atoms with E-state index in [2.05, 4.69) is 51.5 Å². The van der Waals surface area contributed by atoms with E-state index in [1.165, 1.54) is 11.1 Å². The minimum Gasteiger partial charge on any atom is -0.478 e. The first-order valence-electron chi connectivity index (χ1n) is 9.75. The highest BCUT2D eigenvalue weighted by molar-refractivity contribution is 5.95. The molecule has 2 aromatic carbocycles. The first kappa shape index (κ1) is 18.2. The number of unbranched alkanes of at least 4 members (excludes halogenated alkanes) is 2. The molecular weight excluding hydrogens is 352 g/mol. The molecule has 2 N–H and O–H groups in total. The van der Waals surface area contributed by atoms with Gasteiger partial charge in [0.2, 0.25) is 0 Å². The number of aryl methyl sites for hydroxylation is 1. The largest absolute Gasteiger partial charge is 0.478 e. The number of nitrogens with zero attached hydrogens (tertiary/aromatic N) is 3. The molecule has 0 bridgehead atoms. The zero-order valence-corrected chi connectivity index (χ0v) is 16.0. The zero-order chi connectivity index (χ0) is 19.5. The van der Waals surface area contributed by atoms with Crippen LogP contribution in [0.3, 0.4) is 0 Å². The Morgan fingerprint density at radius 1 is 1.18 bits per heavy atom. The predicted molar refractivity (Wildman–Crippen MR) is 108 cm³/mol. The van der Waals surface area contributed by atoms with Crippen molar-refractivity contribution in [3.8, 4) is 11.3 Å². The summed E-state index contributed by atoms with van der Waals surface area (Å²) in [7, 11) is 0. The van der Waals surface area contributed by atoms with Crippen molar-refractivity contribution in [2.75, 3.05) is 4.90 Å². The number of carboxylic acids is 1. The number of H-pyrrole nitrogens is 1. The second-order valence-electron chi connectivity index (χ2n) is 7.29. The number of anilines is 1. The molecule has 0 spiro atoms. The number of carboxylic acid groups (broad SMARTS) is 1. The van der Waals surface area contributed by atoms with Crippen LogP contribution >= 0.6 is 0 Å². The van der Waals surface area contributed by atoms with Crippen molar-refractivity contribution in [2.45, 2.75) is 45.7 Å². The Morgan fingerprint density at radius 3 is 2.79 bits per heavy atom. The Labute approximate surface area is 164 Å². The number of hydrogen-bond donors (Lipinski definition) is 2. The van der Waals surface area contributed by atoms with Crippen LogP contribution in [-0.2, 0) is 19.5 Å². The van der Waals surface area contributed by atoms with E-state index in [0.29, 0.717) is 12.1 Å². The molecule has 0 fully saturated rings. The van der Waals surface area contributed by atoms with Crippen LogP contribution in [0.25, 0.3) is 11.3 Å². The minimum atomic E-state index is -0.868. The van der Waals surface area contributed by atoms with Crippen LogP contribution in [0, 0.1) is 0 Å². The van der Waals surface area contributed by atoms with Gasteiger partial charge in [-0.2, -0.15) is 0 Å². The molecule has 1 aliphatic heterocycles. The van der Waals surface area contributed by atoms with Gasteiger partial charge in [0, 0.05) is 18.7 Å². The summed E-state index contributed by atoms with van der Waals surface area (Å²) < 4.78 is 0. The number of carbonyl (C=O) groups is 1.